The van der Waals surface area contributed by atoms with E-state index in [2.05, 4.69) is 10.5 Å². The number of benzene rings is 1. The Morgan fingerprint density at radius 1 is 1.30 bits per heavy atom. The predicted octanol–water partition coefficient (Wildman–Crippen LogP) is 3.55. The fourth-order valence-electron chi connectivity index (χ4n) is 2.99. The van der Waals surface area contributed by atoms with Gasteiger partial charge >= 0.3 is 0 Å². The van der Waals surface area contributed by atoms with E-state index in [1.54, 1.807) is 7.11 Å². The maximum atomic E-state index is 12.1. The molecule has 0 aliphatic heterocycles. The van der Waals surface area contributed by atoms with Crippen molar-refractivity contribution in [2.75, 3.05) is 7.11 Å². The van der Waals surface area contributed by atoms with Crippen LogP contribution in [0, 0.1) is 5.92 Å². The van der Waals surface area contributed by atoms with Gasteiger partial charge in [-0.2, -0.15) is 0 Å². The molecule has 1 aliphatic carbocycles. The second-order valence-corrected chi connectivity index (χ2v) is 5.97. The lowest BCUT2D eigenvalue weighted by Gasteiger charge is -2.20. The van der Waals surface area contributed by atoms with Crippen LogP contribution in [0.2, 0.25) is 0 Å². The van der Waals surface area contributed by atoms with Gasteiger partial charge in [-0.15, -0.1) is 0 Å². The fraction of sp³-hybridized carbons (Fsp3) is 0.444. The number of ether oxygens (including phenoxy) is 1. The highest BCUT2D eigenvalue weighted by Gasteiger charge is 2.21. The van der Waals surface area contributed by atoms with Crippen molar-refractivity contribution in [1.82, 2.24) is 10.5 Å². The van der Waals surface area contributed by atoms with Gasteiger partial charge in [-0.3, -0.25) is 4.79 Å². The first kappa shape index (κ1) is 15.6. The Hall–Kier alpha value is -2.30. The molecule has 122 valence electrons. The Morgan fingerprint density at radius 2 is 2.13 bits per heavy atom. The van der Waals surface area contributed by atoms with Gasteiger partial charge in [-0.25, -0.2) is 0 Å². The number of amides is 1. The van der Waals surface area contributed by atoms with Crippen molar-refractivity contribution in [3.63, 3.8) is 0 Å². The van der Waals surface area contributed by atoms with Gasteiger partial charge in [0.2, 0.25) is 5.91 Å². The highest BCUT2D eigenvalue weighted by molar-refractivity contribution is 5.78. The number of nitrogens with one attached hydrogen (secondary N) is 1. The Morgan fingerprint density at radius 3 is 2.91 bits per heavy atom. The summed E-state index contributed by atoms with van der Waals surface area (Å²) >= 11 is 0. The zero-order valence-corrected chi connectivity index (χ0v) is 13.4. The summed E-state index contributed by atoms with van der Waals surface area (Å²) in [5.74, 6) is 1.74. The summed E-state index contributed by atoms with van der Waals surface area (Å²) in [6, 6.07) is 9.47. The minimum absolute atomic E-state index is 0.135. The van der Waals surface area contributed by atoms with Gasteiger partial charge in [0.05, 0.1) is 13.7 Å². The molecule has 1 heterocycles. The second-order valence-electron chi connectivity index (χ2n) is 5.97. The molecule has 3 rings (SSSR count). The van der Waals surface area contributed by atoms with Crippen molar-refractivity contribution in [3.8, 4) is 17.1 Å². The topological polar surface area (TPSA) is 64.4 Å². The highest BCUT2D eigenvalue weighted by atomic mass is 16.5. The van der Waals surface area contributed by atoms with Gasteiger partial charge in [0.25, 0.3) is 0 Å². The van der Waals surface area contributed by atoms with Crippen molar-refractivity contribution >= 4 is 5.91 Å². The number of hydrogen-bond donors (Lipinski definition) is 1. The number of carbonyl (C=O) groups is 1. The average Bonchev–Trinajstić information content (AvgIpc) is 3.09. The molecule has 0 bridgehead atoms. The van der Waals surface area contributed by atoms with E-state index >= 15 is 0 Å². The largest absolute Gasteiger partial charge is 0.497 e. The van der Waals surface area contributed by atoms with Crippen LogP contribution in [0.25, 0.3) is 11.3 Å². The molecule has 1 N–H and O–H groups in total. The number of rotatable bonds is 5. The molecule has 1 amide bonds. The van der Waals surface area contributed by atoms with Crippen LogP contribution in [0.4, 0.5) is 0 Å². The van der Waals surface area contributed by atoms with E-state index in [-0.39, 0.29) is 11.8 Å². The van der Waals surface area contributed by atoms with E-state index in [0.717, 1.165) is 42.7 Å². The number of methoxy groups -OCH3 is 1. The molecule has 0 atom stereocenters. The summed E-state index contributed by atoms with van der Waals surface area (Å²) < 4.78 is 10.6. The molecule has 2 aromatic rings. The number of aromatic nitrogens is 1. The first-order valence-corrected chi connectivity index (χ1v) is 8.14. The zero-order chi connectivity index (χ0) is 16.1. The van der Waals surface area contributed by atoms with Gasteiger partial charge in [0, 0.05) is 17.5 Å². The van der Waals surface area contributed by atoms with Gasteiger partial charge in [-0.05, 0) is 25.0 Å². The van der Waals surface area contributed by atoms with Crippen molar-refractivity contribution in [1.29, 1.82) is 0 Å². The smallest absolute Gasteiger partial charge is 0.223 e. The molecule has 0 unspecified atom stereocenters. The Labute approximate surface area is 136 Å². The summed E-state index contributed by atoms with van der Waals surface area (Å²) in [5.41, 5.74) is 1.63. The molecule has 1 saturated carbocycles. The second kappa shape index (κ2) is 7.31. The SMILES string of the molecule is COc1cccc(-c2cc(CNC(=O)C3CCCCC3)no2)c1. The van der Waals surface area contributed by atoms with Crippen LogP contribution < -0.4 is 10.1 Å². The summed E-state index contributed by atoms with van der Waals surface area (Å²) in [6.45, 7) is 0.406. The molecular formula is C18H22N2O3. The number of hydrogen-bond acceptors (Lipinski definition) is 4. The van der Waals surface area contributed by atoms with Crippen molar-refractivity contribution in [3.05, 3.63) is 36.0 Å². The summed E-state index contributed by atoms with van der Waals surface area (Å²) in [5, 5.41) is 7.00. The lowest BCUT2D eigenvalue weighted by molar-refractivity contribution is -0.126. The van der Waals surface area contributed by atoms with E-state index in [1.165, 1.54) is 6.42 Å². The molecule has 1 aliphatic rings. The van der Waals surface area contributed by atoms with Crippen molar-refractivity contribution in [2.24, 2.45) is 5.92 Å². The monoisotopic (exact) mass is 314 g/mol. The van der Waals surface area contributed by atoms with Crippen LogP contribution >= 0.6 is 0 Å². The lowest BCUT2D eigenvalue weighted by atomic mass is 9.89. The maximum absolute atomic E-state index is 12.1. The molecule has 23 heavy (non-hydrogen) atoms. The number of carbonyl (C=O) groups excluding carboxylic acids is 1. The Kier molecular flexibility index (Phi) is 4.95. The normalized spacial score (nSPS) is 15.3. The van der Waals surface area contributed by atoms with E-state index in [1.807, 2.05) is 30.3 Å². The number of nitrogens with zero attached hydrogens (tertiary/aromatic N) is 1. The quantitative estimate of drug-likeness (QED) is 0.916. The van der Waals surface area contributed by atoms with E-state index in [0.29, 0.717) is 12.3 Å². The minimum Gasteiger partial charge on any atom is -0.497 e. The summed E-state index contributed by atoms with van der Waals surface area (Å²) in [6.07, 6.45) is 5.56. The van der Waals surface area contributed by atoms with Crippen LogP contribution in [0.5, 0.6) is 5.75 Å². The van der Waals surface area contributed by atoms with E-state index in [9.17, 15) is 4.79 Å². The van der Waals surface area contributed by atoms with Crippen LogP contribution in [-0.4, -0.2) is 18.2 Å². The molecular weight excluding hydrogens is 292 g/mol. The van der Waals surface area contributed by atoms with Gasteiger partial charge in [-0.1, -0.05) is 36.6 Å². The molecule has 5 nitrogen and oxygen atoms in total. The van der Waals surface area contributed by atoms with Crippen LogP contribution in [0.3, 0.4) is 0 Å². The van der Waals surface area contributed by atoms with Crippen LogP contribution in [-0.2, 0) is 11.3 Å². The molecule has 0 saturated heterocycles. The molecule has 5 heteroatoms. The molecule has 0 spiro atoms. The summed E-state index contributed by atoms with van der Waals surface area (Å²) in [4.78, 5) is 12.1. The first-order chi connectivity index (χ1) is 11.3. The van der Waals surface area contributed by atoms with E-state index < -0.39 is 0 Å². The lowest BCUT2D eigenvalue weighted by Crippen LogP contribution is -2.31. The third-order valence-electron chi connectivity index (χ3n) is 4.33. The van der Waals surface area contributed by atoms with Crippen molar-refractivity contribution in [2.45, 2.75) is 38.6 Å². The van der Waals surface area contributed by atoms with E-state index in [4.69, 9.17) is 9.26 Å². The first-order valence-electron chi connectivity index (χ1n) is 8.14. The predicted molar refractivity (Wildman–Crippen MR) is 86.9 cm³/mol. The van der Waals surface area contributed by atoms with Crippen LogP contribution in [0.1, 0.15) is 37.8 Å². The van der Waals surface area contributed by atoms with Gasteiger partial charge < -0.3 is 14.6 Å². The third kappa shape index (κ3) is 3.92. The average molecular weight is 314 g/mol. The molecule has 0 radical (unpaired) electrons. The fourth-order valence-corrected chi connectivity index (χ4v) is 2.99. The zero-order valence-electron chi connectivity index (χ0n) is 13.4. The summed E-state index contributed by atoms with van der Waals surface area (Å²) in [7, 11) is 1.63. The van der Waals surface area contributed by atoms with Crippen molar-refractivity contribution < 1.29 is 14.1 Å². The third-order valence-corrected chi connectivity index (χ3v) is 4.33. The van der Waals surface area contributed by atoms with Gasteiger partial charge in [0.15, 0.2) is 5.76 Å². The molecule has 1 fully saturated rings. The standard InChI is InChI=1S/C18H22N2O3/c1-22-16-9-5-8-14(10-16)17-11-15(20-23-17)12-19-18(21)13-6-3-2-4-7-13/h5,8-11,13H,2-4,6-7,12H2,1H3,(H,19,21). The Balaban J connectivity index is 1.59. The molecule has 1 aromatic carbocycles. The van der Waals surface area contributed by atoms with Crippen LogP contribution in [0.15, 0.2) is 34.9 Å². The van der Waals surface area contributed by atoms with Gasteiger partial charge in [0.1, 0.15) is 11.4 Å². The Bertz CT molecular complexity index is 660. The maximum Gasteiger partial charge on any atom is 0.223 e. The minimum atomic E-state index is 0.135. The highest BCUT2D eigenvalue weighted by Crippen LogP contribution is 2.25. The molecule has 1 aromatic heterocycles.